The number of nitrogens with zero attached hydrogens (tertiary/aromatic N) is 4. The Morgan fingerprint density at radius 1 is 1.18 bits per heavy atom. The number of ether oxygens (including phenoxy) is 2. The van der Waals surface area contributed by atoms with Crippen LogP contribution in [0.15, 0.2) is 65.7 Å². The topological polar surface area (TPSA) is 183 Å². The van der Waals surface area contributed by atoms with Gasteiger partial charge in [-0.15, -0.1) is 9.78 Å². The first-order chi connectivity index (χ1) is 16.5. The maximum atomic E-state index is 12.7. The van der Waals surface area contributed by atoms with Crippen molar-refractivity contribution in [2.75, 3.05) is 19.2 Å². The number of nitrogens with two attached hydrogens (primary N) is 2. The van der Waals surface area contributed by atoms with E-state index in [9.17, 15) is 4.79 Å². The minimum absolute atomic E-state index is 0.0345. The van der Waals surface area contributed by atoms with Crippen LogP contribution in [0, 0.1) is 5.41 Å². The van der Waals surface area contributed by atoms with Crippen LogP contribution < -0.4 is 31.9 Å². The standard InChI is InChI=1S/C22H23N9O3/c1-33-16-8-5-14(11-17(16)34-12-23)18(28-15-6-3-13(4-7-15)19(24)25)20-29-22(32)31(30-20)21-26-9-2-10-27-21/h2-11,18,28H,12,23H2,1H3,(H3,24,25)(H,29,30,32). The van der Waals surface area contributed by atoms with Crippen molar-refractivity contribution >= 4 is 11.5 Å². The molecular weight excluding hydrogens is 438 g/mol. The normalized spacial score (nSPS) is 11.6. The maximum Gasteiger partial charge on any atom is 0.350 e. The lowest BCUT2D eigenvalue weighted by molar-refractivity contribution is 0.303. The fraction of sp³-hybridized carbons (Fsp3) is 0.136. The van der Waals surface area contributed by atoms with Gasteiger partial charge in [0.25, 0.3) is 5.95 Å². The lowest BCUT2D eigenvalue weighted by Gasteiger charge is -2.20. The number of amidine groups is 1. The molecule has 0 radical (unpaired) electrons. The largest absolute Gasteiger partial charge is 0.493 e. The molecule has 0 fully saturated rings. The molecule has 2 heterocycles. The minimum Gasteiger partial charge on any atom is -0.493 e. The summed E-state index contributed by atoms with van der Waals surface area (Å²) >= 11 is 0. The van der Waals surface area contributed by atoms with E-state index >= 15 is 0 Å². The number of anilines is 1. The summed E-state index contributed by atoms with van der Waals surface area (Å²) in [6, 6.07) is 13.3. The Bertz CT molecular complexity index is 1330. The smallest absolute Gasteiger partial charge is 0.350 e. The van der Waals surface area contributed by atoms with Crippen molar-refractivity contribution in [1.82, 2.24) is 24.7 Å². The van der Waals surface area contributed by atoms with E-state index in [0.717, 1.165) is 10.2 Å². The van der Waals surface area contributed by atoms with E-state index in [-0.39, 0.29) is 18.5 Å². The lowest BCUT2D eigenvalue weighted by Crippen LogP contribution is -2.18. The Morgan fingerprint density at radius 3 is 2.56 bits per heavy atom. The molecule has 4 aromatic rings. The van der Waals surface area contributed by atoms with Gasteiger partial charge in [0.1, 0.15) is 18.6 Å². The first kappa shape index (κ1) is 22.5. The highest BCUT2D eigenvalue weighted by molar-refractivity contribution is 5.95. The SMILES string of the molecule is COc1ccc(C(Nc2ccc(C(=N)N)cc2)c2nn(-c3ncccn3)c(=O)[nH]2)cc1OCN. The van der Waals surface area contributed by atoms with Gasteiger partial charge in [-0.2, -0.15) is 0 Å². The monoisotopic (exact) mass is 461 g/mol. The van der Waals surface area contributed by atoms with Crippen LogP contribution in [0.3, 0.4) is 0 Å². The molecule has 34 heavy (non-hydrogen) atoms. The van der Waals surface area contributed by atoms with Crippen molar-refractivity contribution in [3.8, 4) is 17.4 Å². The highest BCUT2D eigenvalue weighted by atomic mass is 16.5. The third-order valence-electron chi connectivity index (χ3n) is 4.92. The second-order valence-corrected chi connectivity index (χ2v) is 7.07. The van der Waals surface area contributed by atoms with E-state index < -0.39 is 11.7 Å². The molecule has 0 saturated heterocycles. The number of methoxy groups -OCH3 is 1. The number of hydrogen-bond acceptors (Lipinski definition) is 9. The van der Waals surface area contributed by atoms with E-state index in [1.807, 2.05) is 6.07 Å². The zero-order chi connectivity index (χ0) is 24.1. The minimum atomic E-state index is -0.605. The van der Waals surface area contributed by atoms with E-state index in [1.54, 1.807) is 42.5 Å². The van der Waals surface area contributed by atoms with E-state index in [1.165, 1.54) is 19.5 Å². The summed E-state index contributed by atoms with van der Waals surface area (Å²) in [5.74, 6) is 1.37. The molecule has 0 spiro atoms. The summed E-state index contributed by atoms with van der Waals surface area (Å²) in [5, 5.41) is 15.4. The Morgan fingerprint density at radius 2 is 1.91 bits per heavy atom. The summed E-state index contributed by atoms with van der Waals surface area (Å²) in [7, 11) is 1.53. The Balaban J connectivity index is 1.78. The number of rotatable bonds is 9. The third kappa shape index (κ3) is 4.71. The number of nitrogen functional groups attached to an aromatic ring is 1. The molecule has 12 nitrogen and oxygen atoms in total. The Labute approximate surface area is 194 Å². The highest BCUT2D eigenvalue weighted by Crippen LogP contribution is 2.33. The zero-order valence-electron chi connectivity index (χ0n) is 18.2. The number of H-pyrrole nitrogens is 1. The van der Waals surface area contributed by atoms with Gasteiger partial charge in [0.05, 0.1) is 7.11 Å². The molecule has 1 unspecified atom stereocenters. The molecule has 0 bridgehead atoms. The molecule has 0 amide bonds. The highest BCUT2D eigenvalue weighted by Gasteiger charge is 2.22. The second kappa shape index (κ2) is 9.83. The Hall–Kier alpha value is -4.71. The van der Waals surface area contributed by atoms with Crippen LogP contribution in [0.2, 0.25) is 0 Å². The van der Waals surface area contributed by atoms with Gasteiger partial charge >= 0.3 is 5.69 Å². The van der Waals surface area contributed by atoms with Crippen molar-refractivity contribution in [2.45, 2.75) is 6.04 Å². The molecule has 4 rings (SSSR count). The average molecular weight is 461 g/mol. The quantitative estimate of drug-likeness (QED) is 0.139. The van der Waals surface area contributed by atoms with Crippen molar-refractivity contribution in [3.63, 3.8) is 0 Å². The van der Waals surface area contributed by atoms with Gasteiger partial charge in [-0.3, -0.25) is 16.1 Å². The molecule has 7 N–H and O–H groups in total. The third-order valence-corrected chi connectivity index (χ3v) is 4.92. The van der Waals surface area contributed by atoms with Gasteiger partial charge in [0, 0.05) is 23.6 Å². The van der Waals surface area contributed by atoms with Crippen LogP contribution in [0.1, 0.15) is 23.0 Å². The predicted octanol–water partition coefficient (Wildman–Crippen LogP) is 1.14. The fourth-order valence-electron chi connectivity index (χ4n) is 3.30. The maximum absolute atomic E-state index is 12.7. The summed E-state index contributed by atoms with van der Waals surface area (Å²) in [6.07, 6.45) is 3.05. The van der Waals surface area contributed by atoms with Gasteiger partial charge < -0.3 is 20.5 Å². The molecule has 1 atom stereocenters. The first-order valence-corrected chi connectivity index (χ1v) is 10.2. The molecule has 0 saturated carbocycles. The molecule has 0 aliphatic carbocycles. The van der Waals surface area contributed by atoms with Gasteiger partial charge in [0.2, 0.25) is 0 Å². The van der Waals surface area contributed by atoms with Gasteiger partial charge in [0.15, 0.2) is 17.3 Å². The molecule has 12 heteroatoms. The van der Waals surface area contributed by atoms with Crippen LogP contribution >= 0.6 is 0 Å². The average Bonchev–Trinajstić information content (AvgIpc) is 3.24. The van der Waals surface area contributed by atoms with Crippen LogP contribution in [-0.4, -0.2) is 44.4 Å². The summed E-state index contributed by atoms with van der Waals surface area (Å²) in [4.78, 5) is 23.6. The molecule has 2 aromatic heterocycles. The number of aromatic nitrogens is 5. The molecule has 174 valence electrons. The molecule has 0 aliphatic rings. The molecular formula is C22H23N9O3. The second-order valence-electron chi connectivity index (χ2n) is 7.07. The number of benzene rings is 2. The summed E-state index contributed by atoms with van der Waals surface area (Å²) in [6.45, 7) is -0.0405. The van der Waals surface area contributed by atoms with Gasteiger partial charge in [-0.25, -0.2) is 14.8 Å². The van der Waals surface area contributed by atoms with Crippen molar-refractivity contribution in [2.24, 2.45) is 11.5 Å². The molecule has 0 aliphatic heterocycles. The zero-order valence-corrected chi connectivity index (χ0v) is 18.2. The van der Waals surface area contributed by atoms with Crippen LogP contribution in [0.4, 0.5) is 5.69 Å². The van der Waals surface area contributed by atoms with E-state index in [0.29, 0.717) is 28.6 Å². The van der Waals surface area contributed by atoms with Crippen LogP contribution in [-0.2, 0) is 0 Å². The van der Waals surface area contributed by atoms with E-state index in [2.05, 4.69) is 25.4 Å². The predicted molar refractivity (Wildman–Crippen MR) is 125 cm³/mol. The van der Waals surface area contributed by atoms with Gasteiger partial charge in [-0.1, -0.05) is 6.07 Å². The van der Waals surface area contributed by atoms with Crippen LogP contribution in [0.5, 0.6) is 11.5 Å². The van der Waals surface area contributed by atoms with Gasteiger partial charge in [-0.05, 0) is 48.0 Å². The van der Waals surface area contributed by atoms with Crippen molar-refractivity contribution in [3.05, 3.63) is 88.4 Å². The van der Waals surface area contributed by atoms with Crippen molar-refractivity contribution in [1.29, 1.82) is 5.41 Å². The van der Waals surface area contributed by atoms with Crippen molar-refractivity contribution < 1.29 is 9.47 Å². The summed E-state index contributed by atoms with van der Waals surface area (Å²) < 4.78 is 11.9. The fourth-order valence-corrected chi connectivity index (χ4v) is 3.30. The summed E-state index contributed by atoms with van der Waals surface area (Å²) in [5.41, 5.74) is 12.6. The number of nitrogens with one attached hydrogen (secondary N) is 3. The number of hydrogen-bond donors (Lipinski definition) is 5. The Kier molecular flexibility index (Phi) is 6.50. The number of aromatic amines is 1. The lowest BCUT2D eigenvalue weighted by atomic mass is 10.0. The molecule has 2 aromatic carbocycles. The van der Waals surface area contributed by atoms with Crippen LogP contribution in [0.25, 0.3) is 5.95 Å². The van der Waals surface area contributed by atoms with E-state index in [4.69, 9.17) is 26.4 Å². The first-order valence-electron chi connectivity index (χ1n) is 10.2.